The minimum atomic E-state index is -0.443. The van der Waals surface area contributed by atoms with E-state index in [-0.39, 0.29) is 0 Å². The van der Waals surface area contributed by atoms with Crippen LogP contribution in [0.4, 0.5) is 4.79 Å². The van der Waals surface area contributed by atoms with Crippen LogP contribution in [0.25, 0.3) is 0 Å². The predicted molar refractivity (Wildman–Crippen MR) is 49.5 cm³/mol. The molecule has 0 unspecified atom stereocenters. The molecule has 5 heteroatoms. The quantitative estimate of drug-likeness (QED) is 0.576. The molecular weight excluding hydrogens is 170 g/mol. The molecule has 0 spiro atoms. The van der Waals surface area contributed by atoms with Crippen LogP contribution in [-0.2, 0) is 4.74 Å². The second kappa shape index (κ2) is 5.77. The molecule has 0 radical (unpaired) electrons. The van der Waals surface area contributed by atoms with Gasteiger partial charge in [-0.25, -0.2) is 4.79 Å². The van der Waals surface area contributed by atoms with Crippen molar-refractivity contribution in [2.45, 2.75) is 6.42 Å². The number of rotatable bonds is 4. The number of nitrogens with one attached hydrogen (secondary N) is 1. The topological polar surface area (TPSA) is 67.6 Å². The number of urea groups is 1. The van der Waals surface area contributed by atoms with Crippen LogP contribution in [0, 0.1) is 0 Å². The Balaban J connectivity index is 1.95. The van der Waals surface area contributed by atoms with Gasteiger partial charge in [0, 0.05) is 19.6 Å². The number of nitrogens with two attached hydrogens (primary N) is 1. The minimum Gasteiger partial charge on any atom is -0.379 e. The highest BCUT2D eigenvalue weighted by atomic mass is 16.5. The summed E-state index contributed by atoms with van der Waals surface area (Å²) in [4.78, 5) is 12.7. The van der Waals surface area contributed by atoms with Crippen LogP contribution in [0.1, 0.15) is 6.42 Å². The van der Waals surface area contributed by atoms with Crippen molar-refractivity contribution in [2.75, 3.05) is 39.4 Å². The molecule has 0 aromatic rings. The number of carbonyl (C=O) groups is 1. The molecule has 13 heavy (non-hydrogen) atoms. The van der Waals surface area contributed by atoms with Crippen LogP contribution >= 0.6 is 0 Å². The van der Waals surface area contributed by atoms with E-state index < -0.39 is 6.03 Å². The SMILES string of the molecule is NC(=O)NCCCN1CCOCC1. The van der Waals surface area contributed by atoms with Crippen LogP contribution in [0.3, 0.4) is 0 Å². The van der Waals surface area contributed by atoms with Crippen molar-refractivity contribution >= 4 is 6.03 Å². The van der Waals surface area contributed by atoms with Gasteiger partial charge in [-0.2, -0.15) is 0 Å². The Morgan fingerprint density at radius 2 is 2.15 bits per heavy atom. The monoisotopic (exact) mass is 187 g/mol. The second-order valence-corrected chi connectivity index (χ2v) is 3.10. The van der Waals surface area contributed by atoms with Crippen molar-refractivity contribution in [2.24, 2.45) is 5.73 Å². The average molecular weight is 187 g/mol. The predicted octanol–water partition coefficient (Wildman–Crippen LogP) is -0.623. The molecule has 0 aromatic carbocycles. The summed E-state index contributed by atoms with van der Waals surface area (Å²) in [5.41, 5.74) is 4.93. The summed E-state index contributed by atoms with van der Waals surface area (Å²) >= 11 is 0. The molecule has 1 aliphatic rings. The molecule has 1 aliphatic heterocycles. The van der Waals surface area contributed by atoms with Crippen molar-refractivity contribution in [1.29, 1.82) is 0 Å². The molecule has 1 heterocycles. The highest BCUT2D eigenvalue weighted by Gasteiger charge is 2.08. The van der Waals surface area contributed by atoms with Crippen LogP contribution in [0.5, 0.6) is 0 Å². The summed E-state index contributed by atoms with van der Waals surface area (Å²) < 4.78 is 5.21. The molecule has 5 nitrogen and oxygen atoms in total. The molecule has 2 amide bonds. The Labute approximate surface area is 78.2 Å². The summed E-state index contributed by atoms with van der Waals surface area (Å²) in [7, 11) is 0. The van der Waals surface area contributed by atoms with Gasteiger partial charge >= 0.3 is 6.03 Å². The van der Waals surface area contributed by atoms with Crippen molar-refractivity contribution in [3.05, 3.63) is 0 Å². The van der Waals surface area contributed by atoms with Crippen LogP contribution in [0.15, 0.2) is 0 Å². The Hall–Kier alpha value is -0.810. The molecule has 1 saturated heterocycles. The minimum absolute atomic E-state index is 0.443. The molecule has 1 fully saturated rings. The summed E-state index contributed by atoms with van der Waals surface area (Å²) in [5.74, 6) is 0. The van der Waals surface area contributed by atoms with Gasteiger partial charge in [-0.1, -0.05) is 0 Å². The Kier molecular flexibility index (Phi) is 4.56. The van der Waals surface area contributed by atoms with Gasteiger partial charge in [-0.15, -0.1) is 0 Å². The van der Waals surface area contributed by atoms with Gasteiger partial charge in [0.25, 0.3) is 0 Å². The van der Waals surface area contributed by atoms with Crippen LogP contribution < -0.4 is 11.1 Å². The first-order valence-corrected chi connectivity index (χ1v) is 4.62. The van der Waals surface area contributed by atoms with E-state index in [9.17, 15) is 4.79 Å². The number of carbonyl (C=O) groups excluding carboxylic acids is 1. The summed E-state index contributed by atoms with van der Waals surface area (Å²) in [6, 6.07) is -0.443. The van der Waals surface area contributed by atoms with Gasteiger partial charge in [0.15, 0.2) is 0 Å². The molecule has 1 rings (SSSR count). The number of morpholine rings is 1. The molecular formula is C8H17N3O2. The Bertz CT molecular complexity index is 157. The van der Waals surface area contributed by atoms with E-state index in [1.807, 2.05) is 0 Å². The maximum absolute atomic E-state index is 10.3. The molecule has 0 saturated carbocycles. The third-order valence-electron chi connectivity index (χ3n) is 2.05. The van der Waals surface area contributed by atoms with E-state index in [1.54, 1.807) is 0 Å². The number of amides is 2. The highest BCUT2D eigenvalue weighted by molar-refractivity contribution is 5.71. The first-order valence-electron chi connectivity index (χ1n) is 4.62. The average Bonchev–Trinajstić information content (AvgIpc) is 2.14. The number of hydrogen-bond acceptors (Lipinski definition) is 3. The first-order chi connectivity index (χ1) is 6.29. The van der Waals surface area contributed by atoms with E-state index in [1.165, 1.54) is 0 Å². The maximum atomic E-state index is 10.3. The highest BCUT2D eigenvalue weighted by Crippen LogP contribution is 1.96. The molecule has 0 atom stereocenters. The molecule has 3 N–H and O–H groups in total. The lowest BCUT2D eigenvalue weighted by molar-refractivity contribution is 0.0375. The molecule has 0 aliphatic carbocycles. The Morgan fingerprint density at radius 3 is 2.77 bits per heavy atom. The van der Waals surface area contributed by atoms with Gasteiger partial charge in [-0.3, -0.25) is 4.90 Å². The van der Waals surface area contributed by atoms with Crippen molar-refractivity contribution < 1.29 is 9.53 Å². The maximum Gasteiger partial charge on any atom is 0.312 e. The largest absolute Gasteiger partial charge is 0.379 e. The van der Waals surface area contributed by atoms with Gasteiger partial charge in [0.1, 0.15) is 0 Å². The third kappa shape index (κ3) is 4.69. The molecule has 76 valence electrons. The van der Waals surface area contributed by atoms with E-state index in [2.05, 4.69) is 10.2 Å². The number of primary amides is 1. The number of nitrogens with zero attached hydrogens (tertiary/aromatic N) is 1. The number of ether oxygens (including phenoxy) is 1. The zero-order valence-corrected chi connectivity index (χ0v) is 7.79. The van der Waals surface area contributed by atoms with Gasteiger partial charge in [0.2, 0.25) is 0 Å². The fourth-order valence-corrected chi connectivity index (χ4v) is 1.34. The lowest BCUT2D eigenvalue weighted by Crippen LogP contribution is -2.38. The standard InChI is InChI=1S/C8H17N3O2/c9-8(12)10-2-1-3-11-4-6-13-7-5-11/h1-7H2,(H3,9,10,12). The van der Waals surface area contributed by atoms with Crippen molar-refractivity contribution in [1.82, 2.24) is 10.2 Å². The van der Waals surface area contributed by atoms with E-state index in [0.29, 0.717) is 6.54 Å². The Morgan fingerprint density at radius 1 is 1.46 bits per heavy atom. The zero-order valence-electron chi connectivity index (χ0n) is 7.79. The zero-order chi connectivity index (χ0) is 9.52. The number of hydrogen-bond donors (Lipinski definition) is 2. The van der Waals surface area contributed by atoms with E-state index in [0.717, 1.165) is 39.3 Å². The van der Waals surface area contributed by atoms with Crippen LogP contribution in [0.2, 0.25) is 0 Å². The van der Waals surface area contributed by atoms with Gasteiger partial charge < -0.3 is 15.8 Å². The van der Waals surface area contributed by atoms with E-state index in [4.69, 9.17) is 10.5 Å². The molecule has 0 aromatic heterocycles. The molecule has 0 bridgehead atoms. The fourth-order valence-electron chi connectivity index (χ4n) is 1.34. The smallest absolute Gasteiger partial charge is 0.312 e. The van der Waals surface area contributed by atoms with Gasteiger partial charge in [-0.05, 0) is 13.0 Å². The van der Waals surface area contributed by atoms with Crippen molar-refractivity contribution in [3.8, 4) is 0 Å². The lowest BCUT2D eigenvalue weighted by atomic mass is 10.3. The fraction of sp³-hybridized carbons (Fsp3) is 0.875. The summed E-state index contributed by atoms with van der Waals surface area (Å²) in [6.45, 7) is 5.30. The summed E-state index contributed by atoms with van der Waals surface area (Å²) in [5, 5.41) is 2.57. The first kappa shape index (κ1) is 10.3. The van der Waals surface area contributed by atoms with Gasteiger partial charge in [0.05, 0.1) is 13.2 Å². The van der Waals surface area contributed by atoms with E-state index >= 15 is 0 Å². The second-order valence-electron chi connectivity index (χ2n) is 3.10. The van der Waals surface area contributed by atoms with Crippen molar-refractivity contribution in [3.63, 3.8) is 0 Å². The normalized spacial score (nSPS) is 18.5. The lowest BCUT2D eigenvalue weighted by Gasteiger charge is -2.26. The van der Waals surface area contributed by atoms with Crippen LogP contribution in [-0.4, -0.2) is 50.3 Å². The summed E-state index contributed by atoms with van der Waals surface area (Å²) in [6.07, 6.45) is 0.947. The third-order valence-corrected chi connectivity index (χ3v) is 2.05.